The molecule has 4 aliphatic rings. The molecule has 2 aliphatic heterocycles. The van der Waals surface area contributed by atoms with E-state index in [-0.39, 0.29) is 12.1 Å². The fraction of sp³-hybridized carbons (Fsp3) is 0.611. The van der Waals surface area contributed by atoms with Crippen LogP contribution in [0.3, 0.4) is 0 Å². The monoisotopic (exact) mass is 334 g/mol. The van der Waals surface area contributed by atoms with E-state index in [1.807, 2.05) is 23.1 Å². The number of amides is 2. The Morgan fingerprint density at radius 2 is 1.91 bits per heavy atom. The van der Waals surface area contributed by atoms with Crippen molar-refractivity contribution in [2.45, 2.75) is 63.1 Å². The van der Waals surface area contributed by atoms with Crippen LogP contribution in [0.2, 0.25) is 5.02 Å². The first-order chi connectivity index (χ1) is 11.0. The maximum absolute atomic E-state index is 12.6. The van der Waals surface area contributed by atoms with Gasteiger partial charge in [-0.2, -0.15) is 0 Å². The number of aliphatic hydroxyl groups excluding tert-OH is 1. The summed E-state index contributed by atoms with van der Waals surface area (Å²) in [7, 11) is 0. The molecular formula is C18H23ClN2O2. The summed E-state index contributed by atoms with van der Waals surface area (Å²) in [5.74, 6) is 1.04. The number of fused-ring (bicyclic) bond motifs is 2. The molecule has 1 aromatic carbocycles. The number of nitrogens with one attached hydrogen (secondary N) is 1. The molecule has 2 saturated heterocycles. The zero-order chi connectivity index (χ0) is 16.1. The minimum atomic E-state index is -0.211. The number of halogens is 1. The van der Waals surface area contributed by atoms with Crippen LogP contribution in [0.15, 0.2) is 18.2 Å². The van der Waals surface area contributed by atoms with Crippen LogP contribution in [0.25, 0.3) is 0 Å². The molecule has 4 nitrogen and oxygen atoms in total. The minimum absolute atomic E-state index is 0.0140. The second-order valence-electron chi connectivity index (χ2n) is 7.52. The SMILES string of the molecule is CC1CC2C[C@H](C1)N2C(=O)Nc1ccc(Cl)c(C2CC(O)C2)c1. The number of carbonyl (C=O) groups excluding carboxylic acids is 1. The van der Waals surface area contributed by atoms with Gasteiger partial charge in [-0.1, -0.05) is 18.5 Å². The summed E-state index contributed by atoms with van der Waals surface area (Å²) < 4.78 is 0. The first-order valence-electron chi connectivity index (χ1n) is 8.58. The summed E-state index contributed by atoms with van der Waals surface area (Å²) in [6.45, 7) is 2.27. The van der Waals surface area contributed by atoms with Gasteiger partial charge in [0, 0.05) is 22.8 Å². The van der Waals surface area contributed by atoms with Crippen molar-refractivity contribution in [3.63, 3.8) is 0 Å². The van der Waals surface area contributed by atoms with Crippen molar-refractivity contribution < 1.29 is 9.90 Å². The number of nitrogens with zero attached hydrogens (tertiary/aromatic N) is 1. The van der Waals surface area contributed by atoms with E-state index in [9.17, 15) is 9.90 Å². The Bertz CT molecular complexity index is 617. The highest BCUT2D eigenvalue weighted by Crippen LogP contribution is 2.42. The lowest BCUT2D eigenvalue weighted by Gasteiger charge is -2.54. The number of anilines is 1. The average Bonchev–Trinajstić information content (AvgIpc) is 2.45. The first kappa shape index (κ1) is 15.3. The highest BCUT2D eigenvalue weighted by atomic mass is 35.5. The maximum Gasteiger partial charge on any atom is 0.322 e. The lowest BCUT2D eigenvalue weighted by Crippen LogP contribution is -2.63. The van der Waals surface area contributed by atoms with Gasteiger partial charge in [-0.3, -0.25) is 0 Å². The van der Waals surface area contributed by atoms with Crippen molar-refractivity contribution in [1.29, 1.82) is 0 Å². The van der Waals surface area contributed by atoms with Gasteiger partial charge < -0.3 is 15.3 Å². The highest BCUT2D eigenvalue weighted by Gasteiger charge is 2.46. The number of benzene rings is 1. The Balaban J connectivity index is 1.45. The number of carbonyl (C=O) groups is 1. The van der Waals surface area contributed by atoms with E-state index in [0.717, 1.165) is 54.3 Å². The lowest BCUT2D eigenvalue weighted by atomic mass is 9.74. The van der Waals surface area contributed by atoms with Crippen molar-refractivity contribution in [3.05, 3.63) is 28.8 Å². The molecule has 1 aromatic rings. The number of piperidine rings is 1. The van der Waals surface area contributed by atoms with Gasteiger partial charge in [0.05, 0.1) is 6.10 Å². The Labute approximate surface area is 141 Å². The first-order valence-corrected chi connectivity index (χ1v) is 8.96. The summed E-state index contributed by atoms with van der Waals surface area (Å²) in [6.07, 6.45) is 4.70. The number of rotatable bonds is 2. The molecule has 2 saturated carbocycles. The molecule has 4 fully saturated rings. The van der Waals surface area contributed by atoms with E-state index in [4.69, 9.17) is 11.6 Å². The molecule has 2 aliphatic carbocycles. The van der Waals surface area contributed by atoms with E-state index in [1.54, 1.807) is 0 Å². The van der Waals surface area contributed by atoms with Crippen LogP contribution >= 0.6 is 11.6 Å². The third-order valence-electron chi connectivity index (χ3n) is 5.71. The Morgan fingerprint density at radius 3 is 2.57 bits per heavy atom. The zero-order valence-electron chi connectivity index (χ0n) is 13.3. The number of hydrogen-bond donors (Lipinski definition) is 2. The molecule has 2 N–H and O–H groups in total. The summed E-state index contributed by atoms with van der Waals surface area (Å²) in [5, 5.41) is 13.2. The van der Waals surface area contributed by atoms with Crippen LogP contribution in [0.5, 0.6) is 0 Å². The summed E-state index contributed by atoms with van der Waals surface area (Å²) in [6, 6.07) is 6.51. The van der Waals surface area contributed by atoms with Gasteiger partial charge in [-0.15, -0.1) is 0 Å². The quantitative estimate of drug-likeness (QED) is 0.859. The average molecular weight is 335 g/mol. The molecule has 23 heavy (non-hydrogen) atoms. The molecule has 3 atom stereocenters. The molecule has 0 spiro atoms. The summed E-state index contributed by atoms with van der Waals surface area (Å²) in [5.41, 5.74) is 1.83. The molecule has 0 aromatic heterocycles. The van der Waals surface area contributed by atoms with E-state index in [1.165, 1.54) is 0 Å². The van der Waals surface area contributed by atoms with Crippen LogP contribution in [0, 0.1) is 5.92 Å². The number of urea groups is 1. The number of hydrogen-bond acceptors (Lipinski definition) is 2. The fourth-order valence-corrected chi connectivity index (χ4v) is 4.71. The molecule has 124 valence electrons. The van der Waals surface area contributed by atoms with E-state index in [2.05, 4.69) is 12.2 Å². The van der Waals surface area contributed by atoms with Crippen LogP contribution in [0.4, 0.5) is 10.5 Å². The second kappa shape index (κ2) is 5.67. The van der Waals surface area contributed by atoms with Gasteiger partial charge in [0.25, 0.3) is 0 Å². The molecule has 0 radical (unpaired) electrons. The normalized spacial score (nSPS) is 35.3. The van der Waals surface area contributed by atoms with Crippen molar-refractivity contribution in [2.75, 3.05) is 5.32 Å². The zero-order valence-corrected chi connectivity index (χ0v) is 14.1. The largest absolute Gasteiger partial charge is 0.393 e. The fourth-order valence-electron chi connectivity index (χ4n) is 4.44. The lowest BCUT2D eigenvalue weighted by molar-refractivity contribution is -0.00601. The maximum atomic E-state index is 12.6. The van der Waals surface area contributed by atoms with Crippen LogP contribution < -0.4 is 5.32 Å². The Kier molecular flexibility index (Phi) is 3.77. The van der Waals surface area contributed by atoms with Gasteiger partial charge in [-0.25, -0.2) is 4.79 Å². The van der Waals surface area contributed by atoms with E-state index < -0.39 is 0 Å². The predicted octanol–water partition coefficient (Wildman–Crippen LogP) is 3.98. The van der Waals surface area contributed by atoms with Gasteiger partial charge >= 0.3 is 6.03 Å². The molecule has 2 bridgehead atoms. The molecule has 2 unspecified atom stereocenters. The third kappa shape index (κ3) is 2.72. The minimum Gasteiger partial charge on any atom is -0.393 e. The smallest absolute Gasteiger partial charge is 0.322 e. The van der Waals surface area contributed by atoms with Crippen molar-refractivity contribution in [1.82, 2.24) is 4.90 Å². The van der Waals surface area contributed by atoms with Crippen molar-refractivity contribution >= 4 is 23.3 Å². The molecule has 2 amide bonds. The predicted molar refractivity (Wildman–Crippen MR) is 90.9 cm³/mol. The van der Waals surface area contributed by atoms with Gasteiger partial charge in [0.15, 0.2) is 0 Å². The van der Waals surface area contributed by atoms with Crippen molar-refractivity contribution in [2.24, 2.45) is 5.92 Å². The van der Waals surface area contributed by atoms with Crippen LogP contribution in [-0.4, -0.2) is 34.2 Å². The molecule has 2 heterocycles. The van der Waals surface area contributed by atoms with Crippen molar-refractivity contribution in [3.8, 4) is 0 Å². The summed E-state index contributed by atoms with van der Waals surface area (Å²) >= 11 is 6.28. The van der Waals surface area contributed by atoms with Gasteiger partial charge in [-0.05, 0) is 67.7 Å². The van der Waals surface area contributed by atoms with E-state index in [0.29, 0.717) is 18.0 Å². The second-order valence-corrected chi connectivity index (χ2v) is 7.92. The molecular weight excluding hydrogens is 312 g/mol. The highest BCUT2D eigenvalue weighted by molar-refractivity contribution is 6.31. The molecule has 5 heteroatoms. The standard InChI is InChI=1S/C18H23ClN2O2/c1-10-4-13-9-14(5-10)21(13)18(23)20-12-2-3-17(19)16(8-12)11-6-15(22)7-11/h2-3,8,10-11,13-15,22H,4-7,9H2,1H3,(H,20,23)/t10?,11?,13-,14?,15?/m0/s1. The summed E-state index contributed by atoms with van der Waals surface area (Å²) in [4.78, 5) is 14.6. The topological polar surface area (TPSA) is 52.6 Å². The third-order valence-corrected chi connectivity index (χ3v) is 6.06. The van der Waals surface area contributed by atoms with Gasteiger partial charge in [0.1, 0.15) is 0 Å². The Hall–Kier alpha value is -1.26. The Morgan fingerprint density at radius 1 is 1.22 bits per heavy atom. The van der Waals surface area contributed by atoms with E-state index >= 15 is 0 Å². The number of aliphatic hydroxyl groups is 1. The molecule has 5 rings (SSSR count). The van der Waals surface area contributed by atoms with Crippen LogP contribution in [-0.2, 0) is 0 Å². The van der Waals surface area contributed by atoms with Gasteiger partial charge in [0.2, 0.25) is 0 Å². The van der Waals surface area contributed by atoms with Crippen LogP contribution in [0.1, 0.15) is 50.5 Å².